The lowest BCUT2D eigenvalue weighted by Crippen LogP contribution is -2.13. The van der Waals surface area contributed by atoms with E-state index in [2.05, 4.69) is 36.4 Å². The van der Waals surface area contributed by atoms with Gasteiger partial charge >= 0.3 is 5.97 Å². The largest absolute Gasteiger partial charge is 0.477 e. The molecule has 35 heavy (non-hydrogen) atoms. The maximum atomic E-state index is 11.1. The number of hydrogen-bond donors (Lipinski definition) is 1. The van der Waals surface area contributed by atoms with Gasteiger partial charge in [0.25, 0.3) is 0 Å². The van der Waals surface area contributed by atoms with Crippen LogP contribution in [0.1, 0.15) is 25.7 Å². The number of carboxylic acids is 1. The van der Waals surface area contributed by atoms with Crippen molar-refractivity contribution < 1.29 is 18.3 Å². The first-order valence-electron chi connectivity index (χ1n) is 11.5. The molecule has 0 saturated carbocycles. The Morgan fingerprint density at radius 2 is 1.29 bits per heavy atom. The highest BCUT2D eigenvalue weighted by Gasteiger charge is 2.21. The fraction of sp³-hybridized carbons (Fsp3) is 0.179. The molecule has 0 bridgehead atoms. The second-order valence-electron chi connectivity index (χ2n) is 8.17. The van der Waals surface area contributed by atoms with Crippen molar-refractivity contribution in [3.63, 3.8) is 0 Å². The first-order chi connectivity index (χ1) is 17.1. The fourth-order valence-corrected chi connectivity index (χ4v) is 4.63. The predicted molar refractivity (Wildman–Crippen MR) is 139 cm³/mol. The molecule has 0 unspecified atom stereocenters. The number of rotatable bonds is 10. The van der Waals surface area contributed by atoms with Crippen LogP contribution >= 0.6 is 0 Å². The van der Waals surface area contributed by atoms with Gasteiger partial charge in [-0.3, -0.25) is 4.68 Å². The van der Waals surface area contributed by atoms with Crippen LogP contribution in [0.15, 0.2) is 91.0 Å². The molecule has 1 N–H and O–H groups in total. The average molecular weight is 487 g/mol. The van der Waals surface area contributed by atoms with Crippen molar-refractivity contribution in [3.05, 3.63) is 91.0 Å². The molecule has 0 spiro atoms. The van der Waals surface area contributed by atoms with E-state index in [-0.39, 0.29) is 6.42 Å². The molecule has 4 rings (SSSR count). The molecule has 0 fully saturated rings. The van der Waals surface area contributed by atoms with Gasteiger partial charge in [0.05, 0.1) is 5.69 Å². The van der Waals surface area contributed by atoms with Crippen LogP contribution in [-0.2, 0) is 21.6 Å². The van der Waals surface area contributed by atoms with Gasteiger partial charge in [0.2, 0.25) is 10.3 Å². The van der Waals surface area contributed by atoms with Gasteiger partial charge in [-0.2, -0.15) is 13.5 Å². The summed E-state index contributed by atoms with van der Waals surface area (Å²) in [6.45, 7) is 0.625. The number of carboxylic acid groups (broad SMARTS) is 1. The molecule has 1 heterocycles. The van der Waals surface area contributed by atoms with Crippen LogP contribution in [0.2, 0.25) is 0 Å². The third-order valence-corrected chi connectivity index (χ3v) is 6.60. The minimum absolute atomic E-state index is 0.0284. The molecule has 178 valence electrons. The number of aryl methyl sites for hydroxylation is 1. The maximum Gasteiger partial charge on any atom is 0.347 e. The minimum atomic E-state index is -2.70. The zero-order valence-corrected chi connectivity index (χ0v) is 20.0. The second kappa shape index (κ2) is 11.4. The van der Waals surface area contributed by atoms with Gasteiger partial charge in [0.15, 0.2) is 4.86 Å². The van der Waals surface area contributed by atoms with Gasteiger partial charge in [-0.15, -0.1) is 0 Å². The van der Waals surface area contributed by atoms with Crippen molar-refractivity contribution in [1.29, 1.82) is 0 Å². The number of aromatic nitrogens is 2. The Morgan fingerprint density at radius 3 is 1.83 bits per heavy atom. The molecule has 7 heteroatoms. The average Bonchev–Trinajstić information content (AvgIpc) is 3.26. The monoisotopic (exact) mass is 486 g/mol. The molecule has 0 amide bonds. The van der Waals surface area contributed by atoms with Crippen molar-refractivity contribution in [2.24, 2.45) is 0 Å². The highest BCUT2D eigenvalue weighted by molar-refractivity contribution is 7.74. The molecule has 4 aromatic rings. The van der Waals surface area contributed by atoms with E-state index in [0.29, 0.717) is 19.4 Å². The van der Waals surface area contributed by atoms with E-state index >= 15 is 0 Å². The number of unbranched alkanes of at least 4 members (excludes halogenated alkanes) is 2. The molecular formula is C28H26N2O4S. The van der Waals surface area contributed by atoms with Gasteiger partial charge in [-0.05, 0) is 24.8 Å². The summed E-state index contributed by atoms with van der Waals surface area (Å²) < 4.78 is 24.2. The number of hydrogen-bond acceptors (Lipinski definition) is 4. The SMILES string of the molecule is O=C(O)C(CCCCCn1nc(-c2ccccc2)c(-c2ccccc2)c1-c1ccccc1)=S(=O)=O. The molecule has 0 aliphatic carbocycles. The molecule has 6 nitrogen and oxygen atoms in total. The van der Waals surface area contributed by atoms with E-state index in [1.807, 2.05) is 59.3 Å². The Bertz CT molecular complexity index is 1420. The number of benzene rings is 3. The van der Waals surface area contributed by atoms with E-state index in [1.54, 1.807) is 0 Å². The number of aliphatic carboxylic acids is 1. The lowest BCUT2D eigenvalue weighted by atomic mass is 9.96. The van der Waals surface area contributed by atoms with Crippen LogP contribution in [-0.4, -0.2) is 34.1 Å². The Labute approximate surface area is 206 Å². The van der Waals surface area contributed by atoms with Gasteiger partial charge in [-0.25, -0.2) is 4.79 Å². The Balaban J connectivity index is 1.70. The topological polar surface area (TPSA) is 89.3 Å². The van der Waals surface area contributed by atoms with Crippen LogP contribution in [0, 0.1) is 0 Å². The third-order valence-electron chi connectivity index (χ3n) is 5.82. The minimum Gasteiger partial charge on any atom is -0.477 e. The van der Waals surface area contributed by atoms with E-state index < -0.39 is 21.1 Å². The first-order valence-corrected chi connectivity index (χ1v) is 12.6. The van der Waals surface area contributed by atoms with Crippen molar-refractivity contribution in [2.75, 3.05) is 0 Å². The quantitative estimate of drug-likeness (QED) is 0.233. The molecule has 0 aliphatic rings. The van der Waals surface area contributed by atoms with E-state index in [0.717, 1.165) is 40.1 Å². The summed E-state index contributed by atoms with van der Waals surface area (Å²) in [5, 5.41) is 14.1. The third kappa shape index (κ3) is 5.75. The normalized spacial score (nSPS) is 10.7. The summed E-state index contributed by atoms with van der Waals surface area (Å²) in [4.78, 5) is 10.6. The maximum absolute atomic E-state index is 11.1. The zero-order chi connectivity index (χ0) is 24.6. The Morgan fingerprint density at radius 1 is 0.743 bits per heavy atom. The lowest BCUT2D eigenvalue weighted by Gasteiger charge is -2.11. The Hall–Kier alpha value is -3.97. The summed E-state index contributed by atoms with van der Waals surface area (Å²) in [7, 11) is -2.70. The number of nitrogens with zero attached hydrogens (tertiary/aromatic N) is 2. The highest BCUT2D eigenvalue weighted by atomic mass is 32.2. The Kier molecular flexibility index (Phi) is 7.90. The van der Waals surface area contributed by atoms with Crippen molar-refractivity contribution >= 4 is 21.1 Å². The van der Waals surface area contributed by atoms with Crippen LogP contribution < -0.4 is 0 Å². The summed E-state index contributed by atoms with van der Waals surface area (Å²) in [6.07, 6.45) is 1.93. The molecule has 0 atom stereocenters. The molecule has 3 aromatic carbocycles. The fourth-order valence-electron chi connectivity index (χ4n) is 4.17. The summed E-state index contributed by atoms with van der Waals surface area (Å²) in [6, 6.07) is 30.5. The van der Waals surface area contributed by atoms with Gasteiger partial charge in [0.1, 0.15) is 5.69 Å². The van der Waals surface area contributed by atoms with E-state index in [1.165, 1.54) is 0 Å². The van der Waals surface area contributed by atoms with Crippen LogP contribution in [0.3, 0.4) is 0 Å². The highest BCUT2D eigenvalue weighted by Crippen LogP contribution is 2.40. The van der Waals surface area contributed by atoms with Crippen LogP contribution in [0.25, 0.3) is 33.6 Å². The second-order valence-corrected chi connectivity index (χ2v) is 9.13. The molecule has 0 saturated heterocycles. The first kappa shape index (κ1) is 24.2. The van der Waals surface area contributed by atoms with E-state index in [4.69, 9.17) is 10.2 Å². The van der Waals surface area contributed by atoms with E-state index in [9.17, 15) is 13.2 Å². The van der Waals surface area contributed by atoms with Gasteiger partial charge in [0, 0.05) is 23.2 Å². The molecular weight excluding hydrogens is 460 g/mol. The van der Waals surface area contributed by atoms with Crippen molar-refractivity contribution in [3.8, 4) is 33.6 Å². The lowest BCUT2D eigenvalue weighted by molar-refractivity contribution is -0.129. The van der Waals surface area contributed by atoms with Gasteiger partial charge < -0.3 is 5.11 Å². The predicted octanol–water partition coefficient (Wildman–Crippen LogP) is 5.58. The van der Waals surface area contributed by atoms with Crippen molar-refractivity contribution in [2.45, 2.75) is 32.2 Å². The number of carbonyl (C=O) groups is 1. The summed E-state index contributed by atoms with van der Waals surface area (Å²) >= 11 is 0. The van der Waals surface area contributed by atoms with Gasteiger partial charge in [-0.1, -0.05) is 97.4 Å². The van der Waals surface area contributed by atoms with Crippen molar-refractivity contribution in [1.82, 2.24) is 9.78 Å². The summed E-state index contributed by atoms with van der Waals surface area (Å²) in [5.74, 6) is -1.38. The summed E-state index contributed by atoms with van der Waals surface area (Å²) in [5.41, 5.74) is 6.15. The molecule has 0 radical (unpaired) electrons. The van der Waals surface area contributed by atoms with Crippen LogP contribution in [0.5, 0.6) is 0 Å². The smallest absolute Gasteiger partial charge is 0.347 e. The molecule has 1 aromatic heterocycles. The molecule has 0 aliphatic heterocycles. The standard InChI is InChI=1S/C28H26N2O4S/c31-28(32)24(35(33)34)19-11-4-12-20-30-27(23-17-9-3-10-18-23)25(21-13-5-1-6-14-21)26(29-30)22-15-7-2-8-16-22/h1-3,5-10,13-18H,4,11-12,19-20H2,(H,31,32). The zero-order valence-electron chi connectivity index (χ0n) is 19.2. The van der Waals surface area contributed by atoms with Crippen LogP contribution in [0.4, 0.5) is 0 Å².